The SMILES string of the molecule is COC(=O)c1c(C)[nH]c(C(=O)N[C@H](C)c2ccc3c(c2)OCCO3)c1C. The molecular weight excluding hydrogens is 336 g/mol. The van der Waals surface area contributed by atoms with Gasteiger partial charge in [-0.05, 0) is 44.0 Å². The minimum absolute atomic E-state index is 0.247. The number of hydrogen-bond acceptors (Lipinski definition) is 5. The number of aromatic nitrogens is 1. The fraction of sp³-hybridized carbons (Fsp3) is 0.368. The molecule has 0 aliphatic carbocycles. The van der Waals surface area contributed by atoms with E-state index in [1.165, 1.54) is 7.11 Å². The van der Waals surface area contributed by atoms with Gasteiger partial charge in [0.15, 0.2) is 11.5 Å². The van der Waals surface area contributed by atoms with Gasteiger partial charge in [0.25, 0.3) is 5.91 Å². The van der Waals surface area contributed by atoms with Gasteiger partial charge < -0.3 is 24.5 Å². The van der Waals surface area contributed by atoms with Crippen molar-refractivity contribution in [2.24, 2.45) is 0 Å². The summed E-state index contributed by atoms with van der Waals surface area (Å²) in [4.78, 5) is 27.5. The van der Waals surface area contributed by atoms with Gasteiger partial charge in [0.1, 0.15) is 18.9 Å². The lowest BCUT2D eigenvalue weighted by Gasteiger charge is -2.21. The van der Waals surface area contributed by atoms with Crippen LogP contribution < -0.4 is 14.8 Å². The van der Waals surface area contributed by atoms with Crippen LogP contribution in [-0.2, 0) is 4.74 Å². The van der Waals surface area contributed by atoms with Gasteiger partial charge in [-0.3, -0.25) is 4.79 Å². The third-order valence-electron chi connectivity index (χ3n) is 4.47. The van der Waals surface area contributed by atoms with Crippen molar-refractivity contribution in [3.8, 4) is 11.5 Å². The fourth-order valence-electron chi connectivity index (χ4n) is 3.07. The summed E-state index contributed by atoms with van der Waals surface area (Å²) in [6.07, 6.45) is 0. The summed E-state index contributed by atoms with van der Waals surface area (Å²) < 4.78 is 15.9. The molecule has 1 aromatic carbocycles. The Labute approximate surface area is 151 Å². The summed E-state index contributed by atoms with van der Waals surface area (Å²) in [6.45, 7) is 6.39. The Balaban J connectivity index is 1.79. The van der Waals surface area contributed by atoms with Crippen LogP contribution in [-0.4, -0.2) is 37.2 Å². The second-order valence-electron chi connectivity index (χ2n) is 6.21. The molecule has 7 nitrogen and oxygen atoms in total. The van der Waals surface area contributed by atoms with E-state index in [0.29, 0.717) is 47.2 Å². The van der Waals surface area contributed by atoms with Crippen molar-refractivity contribution < 1.29 is 23.8 Å². The van der Waals surface area contributed by atoms with E-state index in [0.717, 1.165) is 5.56 Å². The zero-order chi connectivity index (χ0) is 18.8. The molecular formula is C19H22N2O5. The van der Waals surface area contributed by atoms with Crippen molar-refractivity contribution in [3.05, 3.63) is 46.3 Å². The molecule has 138 valence electrons. The van der Waals surface area contributed by atoms with Crippen molar-refractivity contribution >= 4 is 11.9 Å². The fourth-order valence-corrected chi connectivity index (χ4v) is 3.07. The number of amides is 1. The zero-order valence-electron chi connectivity index (χ0n) is 15.3. The van der Waals surface area contributed by atoms with E-state index < -0.39 is 5.97 Å². The minimum atomic E-state index is -0.463. The van der Waals surface area contributed by atoms with Gasteiger partial charge in [-0.1, -0.05) is 6.07 Å². The van der Waals surface area contributed by atoms with Crippen LogP contribution in [0, 0.1) is 13.8 Å². The summed E-state index contributed by atoms with van der Waals surface area (Å²) in [5.74, 6) is 0.630. The third-order valence-corrected chi connectivity index (χ3v) is 4.47. The second-order valence-corrected chi connectivity index (χ2v) is 6.21. The summed E-state index contributed by atoms with van der Waals surface area (Å²) in [6, 6.07) is 5.35. The van der Waals surface area contributed by atoms with Crippen molar-refractivity contribution in [2.45, 2.75) is 26.8 Å². The standard InChI is InChI=1S/C19H22N2O5/c1-10-16(19(23)24-4)12(3)20-17(10)18(22)21-11(2)13-5-6-14-15(9-13)26-8-7-25-14/h5-6,9,11,20H,7-8H2,1-4H3,(H,21,22)/t11-/m1/s1. The molecule has 0 saturated carbocycles. The number of methoxy groups -OCH3 is 1. The molecule has 0 unspecified atom stereocenters. The average molecular weight is 358 g/mol. The normalized spacial score (nSPS) is 13.8. The molecule has 2 heterocycles. The average Bonchev–Trinajstić information content (AvgIpc) is 2.95. The number of carbonyl (C=O) groups is 2. The number of carbonyl (C=O) groups excluding carboxylic acids is 2. The molecule has 1 atom stereocenters. The van der Waals surface area contributed by atoms with Gasteiger partial charge in [-0.15, -0.1) is 0 Å². The first-order valence-electron chi connectivity index (χ1n) is 8.40. The molecule has 26 heavy (non-hydrogen) atoms. The smallest absolute Gasteiger partial charge is 0.339 e. The highest BCUT2D eigenvalue weighted by Gasteiger charge is 2.24. The number of nitrogens with one attached hydrogen (secondary N) is 2. The van der Waals surface area contributed by atoms with E-state index in [4.69, 9.17) is 14.2 Å². The van der Waals surface area contributed by atoms with Crippen LogP contribution in [0.3, 0.4) is 0 Å². The third kappa shape index (κ3) is 3.24. The number of fused-ring (bicyclic) bond motifs is 1. The minimum Gasteiger partial charge on any atom is -0.486 e. The first-order valence-corrected chi connectivity index (χ1v) is 8.40. The molecule has 1 amide bonds. The molecule has 7 heteroatoms. The first-order chi connectivity index (χ1) is 12.4. The van der Waals surface area contributed by atoms with Crippen LogP contribution in [0.15, 0.2) is 18.2 Å². The molecule has 0 fully saturated rings. The molecule has 2 N–H and O–H groups in total. The first kappa shape index (κ1) is 17.8. The molecule has 3 rings (SSSR count). The molecule has 1 aromatic heterocycles. The highest BCUT2D eigenvalue weighted by Crippen LogP contribution is 2.32. The lowest BCUT2D eigenvalue weighted by Crippen LogP contribution is -2.27. The number of ether oxygens (including phenoxy) is 3. The Kier molecular flexibility index (Phi) is 4.88. The number of hydrogen-bond donors (Lipinski definition) is 2. The maximum atomic E-state index is 12.7. The van der Waals surface area contributed by atoms with Gasteiger partial charge in [0, 0.05) is 5.69 Å². The Morgan fingerprint density at radius 2 is 1.88 bits per heavy atom. The van der Waals surface area contributed by atoms with E-state index >= 15 is 0 Å². The van der Waals surface area contributed by atoms with Gasteiger partial charge in [0.05, 0.1) is 18.7 Å². The van der Waals surface area contributed by atoms with Crippen molar-refractivity contribution in [1.29, 1.82) is 0 Å². The number of benzene rings is 1. The largest absolute Gasteiger partial charge is 0.486 e. The zero-order valence-corrected chi connectivity index (χ0v) is 15.3. The maximum Gasteiger partial charge on any atom is 0.339 e. The Morgan fingerprint density at radius 3 is 2.58 bits per heavy atom. The van der Waals surface area contributed by atoms with Crippen molar-refractivity contribution in [1.82, 2.24) is 10.3 Å². The summed E-state index contributed by atoms with van der Waals surface area (Å²) in [5, 5.41) is 2.94. The number of esters is 1. The number of rotatable bonds is 4. The topological polar surface area (TPSA) is 89.7 Å². The highest BCUT2D eigenvalue weighted by atomic mass is 16.6. The van der Waals surface area contributed by atoms with Crippen LogP contribution in [0.2, 0.25) is 0 Å². The van der Waals surface area contributed by atoms with Crippen LogP contribution in [0.25, 0.3) is 0 Å². The Bertz CT molecular complexity index is 856. The van der Waals surface area contributed by atoms with E-state index in [-0.39, 0.29) is 11.9 Å². The number of aryl methyl sites for hydroxylation is 1. The summed E-state index contributed by atoms with van der Waals surface area (Å²) in [7, 11) is 1.32. The highest BCUT2D eigenvalue weighted by molar-refractivity contribution is 6.00. The molecule has 1 aliphatic heterocycles. The molecule has 0 saturated heterocycles. The monoisotopic (exact) mass is 358 g/mol. The van der Waals surface area contributed by atoms with E-state index in [2.05, 4.69) is 10.3 Å². The number of aromatic amines is 1. The van der Waals surface area contributed by atoms with Crippen LogP contribution in [0.1, 0.15) is 50.6 Å². The molecule has 2 aromatic rings. The Hall–Kier alpha value is -2.96. The molecule has 0 spiro atoms. The maximum absolute atomic E-state index is 12.7. The van der Waals surface area contributed by atoms with E-state index in [1.807, 2.05) is 25.1 Å². The Morgan fingerprint density at radius 1 is 1.19 bits per heavy atom. The molecule has 1 aliphatic rings. The van der Waals surface area contributed by atoms with Crippen molar-refractivity contribution in [2.75, 3.05) is 20.3 Å². The molecule has 0 bridgehead atoms. The van der Waals surface area contributed by atoms with E-state index in [9.17, 15) is 9.59 Å². The predicted molar refractivity (Wildman–Crippen MR) is 94.9 cm³/mol. The predicted octanol–water partition coefficient (Wildman–Crippen LogP) is 2.68. The van der Waals surface area contributed by atoms with Crippen LogP contribution in [0.5, 0.6) is 11.5 Å². The second kappa shape index (κ2) is 7.11. The van der Waals surface area contributed by atoms with Crippen molar-refractivity contribution in [3.63, 3.8) is 0 Å². The van der Waals surface area contributed by atoms with Crippen LogP contribution in [0.4, 0.5) is 0 Å². The van der Waals surface area contributed by atoms with Gasteiger partial charge in [0.2, 0.25) is 0 Å². The number of H-pyrrole nitrogens is 1. The van der Waals surface area contributed by atoms with Gasteiger partial charge >= 0.3 is 5.97 Å². The lowest BCUT2D eigenvalue weighted by molar-refractivity contribution is 0.0599. The quantitative estimate of drug-likeness (QED) is 0.820. The molecule has 0 radical (unpaired) electrons. The van der Waals surface area contributed by atoms with Gasteiger partial charge in [-0.2, -0.15) is 0 Å². The van der Waals surface area contributed by atoms with Crippen LogP contribution >= 0.6 is 0 Å². The lowest BCUT2D eigenvalue weighted by atomic mass is 10.1. The summed E-state index contributed by atoms with van der Waals surface area (Å²) >= 11 is 0. The van der Waals surface area contributed by atoms with E-state index in [1.54, 1.807) is 13.8 Å². The summed E-state index contributed by atoms with van der Waals surface area (Å²) in [5.41, 5.74) is 2.82. The van der Waals surface area contributed by atoms with Gasteiger partial charge in [-0.25, -0.2) is 4.79 Å².